The van der Waals surface area contributed by atoms with Gasteiger partial charge in [-0.15, -0.1) is 0 Å². The maximum absolute atomic E-state index is 11.8. The van der Waals surface area contributed by atoms with Gasteiger partial charge in [-0.3, -0.25) is 4.79 Å². The van der Waals surface area contributed by atoms with Crippen LogP contribution in [0, 0.1) is 0 Å². The highest BCUT2D eigenvalue weighted by Crippen LogP contribution is 2.40. The molecule has 0 spiro atoms. The highest BCUT2D eigenvalue weighted by atomic mass is 35.5. The van der Waals surface area contributed by atoms with Crippen LogP contribution in [0.5, 0.6) is 11.5 Å². The van der Waals surface area contributed by atoms with Crippen molar-refractivity contribution in [3.05, 3.63) is 57.6 Å². The number of rotatable bonds is 12. The molecular formula is C23H29Cl2NO6S. The number of halogens is 2. The Morgan fingerprint density at radius 1 is 1.09 bits per heavy atom. The second kappa shape index (κ2) is 11.5. The van der Waals surface area contributed by atoms with Gasteiger partial charge in [0.1, 0.15) is 19.0 Å². The van der Waals surface area contributed by atoms with Gasteiger partial charge in [0, 0.05) is 5.41 Å². The van der Waals surface area contributed by atoms with Crippen molar-refractivity contribution < 1.29 is 27.8 Å². The average Bonchev–Trinajstić information content (AvgIpc) is 2.75. The first-order valence-corrected chi connectivity index (χ1v) is 13.0. The number of hydrogen-bond donors (Lipinski definition) is 2. The molecule has 2 N–H and O–H groups in total. The third-order valence-corrected chi connectivity index (χ3v) is 6.35. The van der Waals surface area contributed by atoms with Crippen molar-refractivity contribution in [2.45, 2.75) is 38.7 Å². The third kappa shape index (κ3) is 8.15. The van der Waals surface area contributed by atoms with E-state index < -0.39 is 21.5 Å². The lowest BCUT2D eigenvalue weighted by molar-refractivity contribution is -0.119. The topological polar surface area (TPSA) is 102 Å². The summed E-state index contributed by atoms with van der Waals surface area (Å²) >= 11 is 12.8. The Kier molecular flexibility index (Phi) is 9.58. The van der Waals surface area contributed by atoms with E-state index in [1.165, 1.54) is 0 Å². The van der Waals surface area contributed by atoms with E-state index in [2.05, 4.69) is 4.72 Å². The van der Waals surface area contributed by atoms with Crippen molar-refractivity contribution >= 4 is 39.0 Å². The molecule has 2 aromatic rings. The summed E-state index contributed by atoms with van der Waals surface area (Å²) in [5.74, 6) is 0.434. The van der Waals surface area contributed by atoms with Crippen LogP contribution in [-0.2, 0) is 20.2 Å². The highest BCUT2D eigenvalue weighted by Gasteiger charge is 2.26. The smallest absolute Gasteiger partial charge is 0.209 e. The molecule has 2 aromatic carbocycles. The Labute approximate surface area is 205 Å². The molecule has 0 aliphatic rings. The van der Waals surface area contributed by atoms with E-state index in [1.54, 1.807) is 24.3 Å². The number of nitrogens with one attached hydrogen (secondary N) is 1. The zero-order chi connectivity index (χ0) is 24.8. The van der Waals surface area contributed by atoms with Crippen molar-refractivity contribution in [2.75, 3.05) is 26.0 Å². The van der Waals surface area contributed by atoms with E-state index in [0.717, 1.165) is 17.4 Å². The molecule has 0 bridgehead atoms. The standard InChI is InChI=1S/C23H29Cl2NO6S/c1-5-17(27)13-32-22-20(24)10-16(11-21(22)25)23(2,3)15-6-8-19(9-7-15)31-14-18(28)12-26-33(4,29)30/h6-11,17,26-27H,5,12-14H2,1-4H3/t17-/m0/s1. The third-order valence-electron chi connectivity index (χ3n) is 5.12. The molecule has 0 saturated carbocycles. The average molecular weight is 518 g/mol. The Morgan fingerprint density at radius 3 is 2.18 bits per heavy atom. The monoisotopic (exact) mass is 517 g/mol. The van der Waals surface area contributed by atoms with Gasteiger partial charge in [-0.05, 0) is 41.8 Å². The largest absolute Gasteiger partial charge is 0.488 e. The number of carbonyl (C=O) groups is 1. The Balaban J connectivity index is 2.09. The maximum atomic E-state index is 11.8. The number of hydrogen-bond acceptors (Lipinski definition) is 6. The minimum atomic E-state index is -3.43. The maximum Gasteiger partial charge on any atom is 0.209 e. The summed E-state index contributed by atoms with van der Waals surface area (Å²) in [5, 5.41) is 10.4. The number of ketones is 1. The summed E-state index contributed by atoms with van der Waals surface area (Å²) < 4.78 is 35.3. The molecule has 0 saturated heterocycles. The second-order valence-corrected chi connectivity index (χ2v) is 10.9. The number of sulfonamides is 1. The molecule has 0 fully saturated rings. The molecule has 1 atom stereocenters. The molecule has 2 rings (SSSR count). The summed E-state index contributed by atoms with van der Waals surface area (Å²) in [6, 6.07) is 10.8. The summed E-state index contributed by atoms with van der Waals surface area (Å²) in [5.41, 5.74) is 1.38. The van der Waals surface area contributed by atoms with Crippen LogP contribution in [0.3, 0.4) is 0 Å². The fourth-order valence-electron chi connectivity index (χ4n) is 2.92. The number of aliphatic hydroxyl groups excluding tert-OH is 1. The predicted octanol–water partition coefficient (Wildman–Crippen LogP) is 3.97. The SMILES string of the molecule is CC[C@H](O)COc1c(Cl)cc(C(C)(C)c2ccc(OCC(=O)CNS(C)(=O)=O)cc2)cc1Cl. The molecule has 10 heteroatoms. The van der Waals surface area contributed by atoms with Crippen molar-refractivity contribution in [2.24, 2.45) is 0 Å². The fourth-order valence-corrected chi connectivity index (χ4v) is 3.94. The van der Waals surface area contributed by atoms with Crippen LogP contribution in [0.25, 0.3) is 0 Å². The van der Waals surface area contributed by atoms with Crippen LogP contribution < -0.4 is 14.2 Å². The van der Waals surface area contributed by atoms with E-state index in [4.69, 9.17) is 32.7 Å². The van der Waals surface area contributed by atoms with Gasteiger partial charge in [-0.25, -0.2) is 13.1 Å². The highest BCUT2D eigenvalue weighted by molar-refractivity contribution is 7.88. The first kappa shape index (κ1) is 27.4. The van der Waals surface area contributed by atoms with Gasteiger partial charge in [-0.2, -0.15) is 0 Å². The number of carbonyl (C=O) groups excluding carboxylic acids is 1. The van der Waals surface area contributed by atoms with Crippen LogP contribution >= 0.6 is 23.2 Å². The zero-order valence-corrected chi connectivity index (χ0v) is 21.4. The molecule has 0 aliphatic heterocycles. The molecule has 0 amide bonds. The number of benzene rings is 2. The molecule has 0 radical (unpaired) electrons. The van der Waals surface area contributed by atoms with Gasteiger partial charge < -0.3 is 14.6 Å². The van der Waals surface area contributed by atoms with Crippen LogP contribution in [0.15, 0.2) is 36.4 Å². The van der Waals surface area contributed by atoms with Crippen molar-refractivity contribution in [3.63, 3.8) is 0 Å². The predicted molar refractivity (Wildman–Crippen MR) is 130 cm³/mol. The van der Waals surface area contributed by atoms with Gasteiger partial charge in [0.05, 0.1) is 28.9 Å². The molecule has 0 aromatic heterocycles. The molecule has 7 nitrogen and oxygen atoms in total. The molecule has 0 aliphatic carbocycles. The zero-order valence-electron chi connectivity index (χ0n) is 19.0. The van der Waals surface area contributed by atoms with Crippen LogP contribution in [0.4, 0.5) is 0 Å². The van der Waals surface area contributed by atoms with E-state index in [-0.39, 0.29) is 25.5 Å². The van der Waals surface area contributed by atoms with Gasteiger partial charge in [0.2, 0.25) is 10.0 Å². The first-order valence-electron chi connectivity index (χ1n) is 10.3. The lowest BCUT2D eigenvalue weighted by Gasteiger charge is -2.27. The van der Waals surface area contributed by atoms with Gasteiger partial charge in [0.25, 0.3) is 0 Å². The van der Waals surface area contributed by atoms with Gasteiger partial charge in [-0.1, -0.05) is 56.1 Å². The Bertz CT molecular complexity index is 1050. The summed E-state index contributed by atoms with van der Waals surface area (Å²) in [6.07, 6.45) is 0.950. The van der Waals surface area contributed by atoms with Crippen molar-refractivity contribution in [1.82, 2.24) is 4.72 Å². The van der Waals surface area contributed by atoms with Crippen molar-refractivity contribution in [1.29, 1.82) is 0 Å². The summed E-state index contributed by atoms with van der Waals surface area (Å²) in [4.78, 5) is 11.8. The minimum absolute atomic E-state index is 0.104. The quantitative estimate of drug-likeness (QED) is 0.441. The molecule has 0 heterocycles. The number of ether oxygens (including phenoxy) is 2. The fraction of sp³-hybridized carbons (Fsp3) is 0.435. The first-order chi connectivity index (χ1) is 15.3. The number of Topliss-reactive ketones (excluding diaryl/α,β-unsaturated/α-hetero) is 1. The molecule has 33 heavy (non-hydrogen) atoms. The minimum Gasteiger partial charge on any atom is -0.488 e. The van der Waals surface area contributed by atoms with E-state index >= 15 is 0 Å². The summed E-state index contributed by atoms with van der Waals surface area (Å²) in [6.45, 7) is 5.44. The van der Waals surface area contributed by atoms with Crippen LogP contribution in [-0.4, -0.2) is 51.4 Å². The second-order valence-electron chi connectivity index (χ2n) is 8.21. The van der Waals surface area contributed by atoms with E-state index in [1.807, 2.05) is 32.9 Å². The number of aliphatic hydroxyl groups is 1. The van der Waals surface area contributed by atoms with Crippen LogP contribution in [0.2, 0.25) is 10.0 Å². The lowest BCUT2D eigenvalue weighted by atomic mass is 9.78. The lowest BCUT2D eigenvalue weighted by Crippen LogP contribution is -2.31. The summed E-state index contributed by atoms with van der Waals surface area (Å²) in [7, 11) is -3.43. The van der Waals surface area contributed by atoms with Gasteiger partial charge in [0.15, 0.2) is 11.5 Å². The molecular weight excluding hydrogens is 489 g/mol. The molecule has 0 unspecified atom stereocenters. The molecule has 182 valence electrons. The van der Waals surface area contributed by atoms with E-state index in [0.29, 0.717) is 28.0 Å². The normalized spacial score (nSPS) is 12.9. The van der Waals surface area contributed by atoms with E-state index in [9.17, 15) is 18.3 Å². The Hall–Kier alpha value is -1.84. The van der Waals surface area contributed by atoms with Crippen molar-refractivity contribution in [3.8, 4) is 11.5 Å². The Morgan fingerprint density at radius 2 is 1.67 bits per heavy atom. The van der Waals surface area contributed by atoms with Crippen LogP contribution in [0.1, 0.15) is 38.3 Å². The van der Waals surface area contributed by atoms with Gasteiger partial charge >= 0.3 is 0 Å².